The first-order valence-electron chi connectivity index (χ1n) is 6.59. The summed E-state index contributed by atoms with van der Waals surface area (Å²) in [5.74, 6) is 0.695. The van der Waals surface area contributed by atoms with Crippen molar-refractivity contribution < 1.29 is 5.11 Å². The van der Waals surface area contributed by atoms with Gasteiger partial charge in [-0.3, -0.25) is 0 Å². The first-order chi connectivity index (χ1) is 8.72. The Bertz CT molecular complexity index is 368. The maximum atomic E-state index is 10.0. The van der Waals surface area contributed by atoms with E-state index in [1.165, 1.54) is 6.42 Å². The number of aromatic nitrogens is 2. The lowest BCUT2D eigenvalue weighted by Crippen LogP contribution is -2.44. The van der Waals surface area contributed by atoms with E-state index < -0.39 is 0 Å². The monoisotopic (exact) mass is 250 g/mol. The van der Waals surface area contributed by atoms with E-state index in [9.17, 15) is 5.11 Å². The average Bonchev–Trinajstić information content (AvgIpc) is 2.40. The quantitative estimate of drug-likeness (QED) is 0.832. The Kier molecular flexibility index (Phi) is 4.49. The molecule has 5 nitrogen and oxygen atoms in total. The molecule has 1 heterocycles. The Morgan fingerprint density at radius 3 is 2.61 bits per heavy atom. The lowest BCUT2D eigenvalue weighted by atomic mass is 9.92. The van der Waals surface area contributed by atoms with Crippen LogP contribution in [-0.2, 0) is 6.54 Å². The van der Waals surface area contributed by atoms with Gasteiger partial charge >= 0.3 is 0 Å². The summed E-state index contributed by atoms with van der Waals surface area (Å²) in [5, 5.41) is 13.1. The van der Waals surface area contributed by atoms with E-state index in [1.807, 2.05) is 31.4 Å². The molecule has 0 aliphatic heterocycles. The van der Waals surface area contributed by atoms with Crippen molar-refractivity contribution in [2.75, 3.05) is 19.0 Å². The van der Waals surface area contributed by atoms with Gasteiger partial charge in [0.15, 0.2) is 0 Å². The van der Waals surface area contributed by atoms with Gasteiger partial charge in [-0.2, -0.15) is 0 Å². The molecule has 1 saturated carbocycles. The Morgan fingerprint density at radius 2 is 2.00 bits per heavy atom. The molecule has 0 amide bonds. The third-order valence-corrected chi connectivity index (χ3v) is 3.58. The van der Waals surface area contributed by atoms with Crippen molar-refractivity contribution >= 4 is 5.95 Å². The highest BCUT2D eigenvalue weighted by Gasteiger charge is 2.27. The van der Waals surface area contributed by atoms with E-state index in [-0.39, 0.29) is 12.1 Å². The normalized spacial score (nSPS) is 23.9. The number of likely N-dealkylation sites (N-methyl/N-ethyl adjacent to an activating group) is 1. The lowest BCUT2D eigenvalue weighted by molar-refractivity contribution is 0.105. The minimum Gasteiger partial charge on any atom is -0.391 e. The standard InChI is InChI=1S/C13H22N4O/c1-14-7-10-8-15-13(16-9-10)17(2)11-5-3-4-6-12(11)18/h8-9,11-12,14,18H,3-7H2,1-2H3. The Labute approximate surface area is 108 Å². The molecule has 1 aliphatic carbocycles. The summed E-state index contributed by atoms with van der Waals surface area (Å²) in [6.07, 6.45) is 7.60. The van der Waals surface area contributed by atoms with Crippen LogP contribution in [0.1, 0.15) is 31.2 Å². The first kappa shape index (κ1) is 13.2. The summed E-state index contributed by atoms with van der Waals surface area (Å²) in [4.78, 5) is 10.7. The largest absolute Gasteiger partial charge is 0.391 e. The van der Waals surface area contributed by atoms with Crippen molar-refractivity contribution in [3.8, 4) is 0 Å². The minimum absolute atomic E-state index is 0.147. The molecule has 0 saturated heterocycles. The molecule has 1 aliphatic rings. The molecule has 0 bridgehead atoms. The van der Waals surface area contributed by atoms with Crippen LogP contribution in [-0.4, -0.2) is 41.3 Å². The van der Waals surface area contributed by atoms with Crippen molar-refractivity contribution in [3.63, 3.8) is 0 Å². The third kappa shape index (κ3) is 2.97. The van der Waals surface area contributed by atoms with Crippen LogP contribution in [0.4, 0.5) is 5.95 Å². The Hall–Kier alpha value is -1.20. The molecule has 1 fully saturated rings. The zero-order valence-electron chi connectivity index (χ0n) is 11.1. The molecule has 2 unspecified atom stereocenters. The van der Waals surface area contributed by atoms with E-state index in [1.54, 1.807) is 0 Å². The van der Waals surface area contributed by atoms with Gasteiger partial charge in [0.2, 0.25) is 5.95 Å². The second kappa shape index (κ2) is 6.11. The number of anilines is 1. The van der Waals surface area contributed by atoms with Crippen molar-refractivity contribution in [2.45, 2.75) is 44.4 Å². The minimum atomic E-state index is -0.260. The van der Waals surface area contributed by atoms with Crippen LogP contribution >= 0.6 is 0 Å². The molecule has 2 atom stereocenters. The summed E-state index contributed by atoms with van der Waals surface area (Å²) in [5.41, 5.74) is 1.07. The van der Waals surface area contributed by atoms with Gasteiger partial charge in [0.1, 0.15) is 0 Å². The van der Waals surface area contributed by atoms with Gasteiger partial charge in [-0.05, 0) is 19.9 Å². The van der Waals surface area contributed by atoms with E-state index in [0.717, 1.165) is 31.4 Å². The SMILES string of the molecule is CNCc1cnc(N(C)C2CCCCC2O)nc1. The van der Waals surface area contributed by atoms with Gasteiger partial charge in [-0.1, -0.05) is 12.8 Å². The number of hydrogen-bond donors (Lipinski definition) is 2. The maximum Gasteiger partial charge on any atom is 0.225 e. The lowest BCUT2D eigenvalue weighted by Gasteiger charge is -2.35. The van der Waals surface area contributed by atoms with Gasteiger partial charge in [-0.25, -0.2) is 9.97 Å². The molecule has 0 aromatic carbocycles. The summed E-state index contributed by atoms with van der Waals surface area (Å²) < 4.78 is 0. The van der Waals surface area contributed by atoms with E-state index in [0.29, 0.717) is 5.95 Å². The fourth-order valence-corrected chi connectivity index (χ4v) is 2.52. The molecule has 1 aromatic heterocycles. The Balaban J connectivity index is 2.05. The molecule has 2 rings (SSSR count). The molecule has 1 aromatic rings. The topological polar surface area (TPSA) is 61.3 Å². The van der Waals surface area contributed by atoms with Gasteiger partial charge in [-0.15, -0.1) is 0 Å². The number of aliphatic hydroxyl groups is 1. The van der Waals surface area contributed by atoms with Crippen LogP contribution in [0.2, 0.25) is 0 Å². The molecule has 2 N–H and O–H groups in total. The van der Waals surface area contributed by atoms with Gasteiger partial charge < -0.3 is 15.3 Å². The number of nitrogens with one attached hydrogen (secondary N) is 1. The number of rotatable bonds is 4. The van der Waals surface area contributed by atoms with Gasteiger partial charge in [0.05, 0.1) is 12.1 Å². The van der Waals surface area contributed by atoms with Gasteiger partial charge in [0, 0.05) is 31.5 Å². The van der Waals surface area contributed by atoms with E-state index in [4.69, 9.17) is 0 Å². The zero-order chi connectivity index (χ0) is 13.0. The second-order valence-electron chi connectivity index (χ2n) is 4.95. The zero-order valence-corrected chi connectivity index (χ0v) is 11.1. The van der Waals surface area contributed by atoms with Crippen molar-refractivity contribution in [2.24, 2.45) is 0 Å². The summed E-state index contributed by atoms with van der Waals surface area (Å²) in [7, 11) is 3.87. The summed E-state index contributed by atoms with van der Waals surface area (Å²) >= 11 is 0. The highest BCUT2D eigenvalue weighted by molar-refractivity contribution is 5.31. The number of nitrogens with zero attached hydrogens (tertiary/aromatic N) is 3. The van der Waals surface area contributed by atoms with Crippen LogP contribution in [0.5, 0.6) is 0 Å². The third-order valence-electron chi connectivity index (χ3n) is 3.58. The van der Waals surface area contributed by atoms with Crippen molar-refractivity contribution in [3.05, 3.63) is 18.0 Å². The average molecular weight is 250 g/mol. The molecule has 5 heteroatoms. The predicted molar refractivity (Wildman–Crippen MR) is 71.5 cm³/mol. The highest BCUT2D eigenvalue weighted by Crippen LogP contribution is 2.24. The van der Waals surface area contributed by atoms with E-state index in [2.05, 4.69) is 15.3 Å². The van der Waals surface area contributed by atoms with Crippen molar-refractivity contribution in [1.29, 1.82) is 0 Å². The smallest absolute Gasteiger partial charge is 0.225 e. The fraction of sp³-hybridized carbons (Fsp3) is 0.692. The summed E-state index contributed by atoms with van der Waals surface area (Å²) in [6, 6.07) is 0.147. The molecule has 0 spiro atoms. The van der Waals surface area contributed by atoms with Crippen LogP contribution in [0.25, 0.3) is 0 Å². The highest BCUT2D eigenvalue weighted by atomic mass is 16.3. The molecule has 100 valence electrons. The predicted octanol–water partition coefficient (Wildman–Crippen LogP) is 0.936. The maximum absolute atomic E-state index is 10.0. The molecule has 18 heavy (non-hydrogen) atoms. The van der Waals surface area contributed by atoms with E-state index >= 15 is 0 Å². The summed E-state index contributed by atoms with van der Waals surface area (Å²) in [6.45, 7) is 0.774. The molecular weight excluding hydrogens is 228 g/mol. The van der Waals surface area contributed by atoms with Crippen LogP contribution in [0.3, 0.4) is 0 Å². The second-order valence-corrected chi connectivity index (χ2v) is 4.95. The van der Waals surface area contributed by atoms with Crippen molar-refractivity contribution in [1.82, 2.24) is 15.3 Å². The van der Waals surface area contributed by atoms with Crippen LogP contribution in [0.15, 0.2) is 12.4 Å². The first-order valence-corrected chi connectivity index (χ1v) is 6.59. The fourth-order valence-electron chi connectivity index (χ4n) is 2.52. The Morgan fingerprint density at radius 1 is 1.33 bits per heavy atom. The van der Waals surface area contributed by atoms with Crippen LogP contribution < -0.4 is 10.2 Å². The number of aliphatic hydroxyl groups excluding tert-OH is 1. The molecular formula is C13H22N4O. The van der Waals surface area contributed by atoms with Crippen LogP contribution in [0, 0.1) is 0 Å². The number of hydrogen-bond acceptors (Lipinski definition) is 5. The van der Waals surface area contributed by atoms with Gasteiger partial charge in [0.25, 0.3) is 0 Å². The molecule has 0 radical (unpaired) electrons.